The van der Waals surface area contributed by atoms with Gasteiger partial charge in [0, 0.05) is 22.5 Å². The summed E-state index contributed by atoms with van der Waals surface area (Å²) < 4.78 is 7.33. The zero-order chi connectivity index (χ0) is 13.2. The Kier molecular flexibility index (Phi) is 4.33. The number of benzene rings is 1. The molecule has 1 heterocycles. The van der Waals surface area contributed by atoms with E-state index in [4.69, 9.17) is 4.74 Å². The molecule has 0 fully saturated rings. The Balaban J connectivity index is 2.34. The van der Waals surface area contributed by atoms with Gasteiger partial charge in [0.15, 0.2) is 0 Å². The van der Waals surface area contributed by atoms with E-state index in [9.17, 15) is 0 Å². The highest BCUT2D eigenvalue weighted by atomic mass is 79.9. The van der Waals surface area contributed by atoms with Crippen molar-refractivity contribution in [1.82, 2.24) is 5.32 Å². The van der Waals surface area contributed by atoms with E-state index < -0.39 is 0 Å². The van der Waals surface area contributed by atoms with Gasteiger partial charge >= 0.3 is 0 Å². The number of hydrogen-bond donors (Lipinski definition) is 1. The fraction of sp³-hybridized carbons (Fsp3) is 0.600. The van der Waals surface area contributed by atoms with E-state index in [0.717, 1.165) is 36.0 Å². The van der Waals surface area contributed by atoms with Crippen LogP contribution >= 0.6 is 15.9 Å². The third-order valence-electron chi connectivity index (χ3n) is 3.57. The summed E-state index contributed by atoms with van der Waals surface area (Å²) in [5, 5.41) is 3.58. The van der Waals surface area contributed by atoms with Crippen LogP contribution in [0.15, 0.2) is 22.7 Å². The van der Waals surface area contributed by atoms with E-state index in [1.165, 1.54) is 5.56 Å². The summed E-state index contributed by atoms with van der Waals surface area (Å²) in [6.07, 6.45) is 3.29. The first kappa shape index (κ1) is 13.9. The Labute approximate surface area is 118 Å². The molecular weight excluding hydrogens is 290 g/mol. The zero-order valence-corrected chi connectivity index (χ0v) is 13.0. The van der Waals surface area contributed by atoms with Crippen LogP contribution in [0.25, 0.3) is 0 Å². The largest absolute Gasteiger partial charge is 0.487 e. The number of nitrogens with one attached hydrogen (secondary N) is 1. The molecule has 100 valence electrons. The van der Waals surface area contributed by atoms with Gasteiger partial charge in [-0.2, -0.15) is 0 Å². The summed E-state index contributed by atoms with van der Waals surface area (Å²) in [4.78, 5) is 0. The molecule has 1 aliphatic heterocycles. The maximum absolute atomic E-state index is 6.25. The first-order valence-electron chi connectivity index (χ1n) is 6.80. The minimum Gasteiger partial charge on any atom is -0.487 e. The molecule has 0 saturated heterocycles. The first-order chi connectivity index (χ1) is 8.58. The lowest BCUT2D eigenvalue weighted by molar-refractivity contribution is 0.0392. The number of halogens is 1. The van der Waals surface area contributed by atoms with Crippen molar-refractivity contribution in [2.24, 2.45) is 0 Å². The van der Waals surface area contributed by atoms with Crippen LogP contribution in [0.5, 0.6) is 5.75 Å². The lowest BCUT2D eigenvalue weighted by atomic mass is 9.85. The SMILES string of the molecule is CCCC1(C)CC(NCC)c2ccc(Br)cc2O1. The molecule has 0 radical (unpaired) electrons. The average molecular weight is 312 g/mol. The van der Waals surface area contributed by atoms with Crippen LogP contribution in [0.4, 0.5) is 0 Å². The molecule has 0 amide bonds. The monoisotopic (exact) mass is 311 g/mol. The Bertz CT molecular complexity index is 421. The predicted octanol–water partition coefficient (Wildman–Crippen LogP) is 4.44. The molecule has 18 heavy (non-hydrogen) atoms. The van der Waals surface area contributed by atoms with Gasteiger partial charge in [0.1, 0.15) is 11.4 Å². The van der Waals surface area contributed by atoms with Crippen molar-refractivity contribution in [3.8, 4) is 5.75 Å². The fourth-order valence-electron chi connectivity index (χ4n) is 2.84. The van der Waals surface area contributed by atoms with Gasteiger partial charge in [-0.25, -0.2) is 0 Å². The number of rotatable bonds is 4. The average Bonchev–Trinajstić information content (AvgIpc) is 2.28. The highest BCUT2D eigenvalue weighted by Crippen LogP contribution is 2.42. The zero-order valence-electron chi connectivity index (χ0n) is 11.4. The Morgan fingerprint density at radius 1 is 1.44 bits per heavy atom. The lowest BCUT2D eigenvalue weighted by Gasteiger charge is -2.40. The Morgan fingerprint density at radius 3 is 2.89 bits per heavy atom. The summed E-state index contributed by atoms with van der Waals surface area (Å²) in [7, 11) is 0. The molecule has 0 spiro atoms. The number of fused-ring (bicyclic) bond motifs is 1. The van der Waals surface area contributed by atoms with Crippen LogP contribution in [0, 0.1) is 0 Å². The number of hydrogen-bond acceptors (Lipinski definition) is 2. The molecule has 0 saturated carbocycles. The van der Waals surface area contributed by atoms with Crippen LogP contribution in [0.3, 0.4) is 0 Å². The highest BCUT2D eigenvalue weighted by molar-refractivity contribution is 9.10. The van der Waals surface area contributed by atoms with Crippen molar-refractivity contribution in [3.05, 3.63) is 28.2 Å². The topological polar surface area (TPSA) is 21.3 Å². The van der Waals surface area contributed by atoms with Gasteiger partial charge in [-0.3, -0.25) is 0 Å². The van der Waals surface area contributed by atoms with Gasteiger partial charge < -0.3 is 10.1 Å². The minimum atomic E-state index is -0.0463. The molecule has 2 atom stereocenters. The van der Waals surface area contributed by atoms with Crippen LogP contribution in [-0.2, 0) is 0 Å². The van der Waals surface area contributed by atoms with Crippen molar-refractivity contribution >= 4 is 15.9 Å². The standard InChI is InChI=1S/C15H22BrNO/c1-4-8-15(3)10-13(17-5-2)12-7-6-11(16)9-14(12)18-15/h6-7,9,13,17H,4-5,8,10H2,1-3H3. The Hall–Kier alpha value is -0.540. The quantitative estimate of drug-likeness (QED) is 0.887. The normalized spacial score (nSPS) is 26.6. The van der Waals surface area contributed by atoms with Gasteiger partial charge in [0.25, 0.3) is 0 Å². The molecule has 2 unspecified atom stereocenters. The van der Waals surface area contributed by atoms with Crippen molar-refractivity contribution in [1.29, 1.82) is 0 Å². The summed E-state index contributed by atoms with van der Waals surface area (Å²) in [5.41, 5.74) is 1.24. The molecule has 0 aromatic heterocycles. The molecule has 1 aliphatic rings. The third kappa shape index (κ3) is 2.89. The second-order valence-electron chi connectivity index (χ2n) is 5.30. The van der Waals surface area contributed by atoms with Crippen molar-refractivity contribution in [2.75, 3.05) is 6.54 Å². The van der Waals surface area contributed by atoms with E-state index in [-0.39, 0.29) is 5.60 Å². The predicted molar refractivity (Wildman–Crippen MR) is 79.1 cm³/mol. The van der Waals surface area contributed by atoms with E-state index in [1.807, 2.05) is 0 Å². The second-order valence-corrected chi connectivity index (χ2v) is 6.21. The van der Waals surface area contributed by atoms with Gasteiger partial charge in [-0.05, 0) is 32.0 Å². The maximum atomic E-state index is 6.25. The second kappa shape index (κ2) is 5.62. The van der Waals surface area contributed by atoms with E-state index in [1.54, 1.807) is 0 Å². The van der Waals surface area contributed by atoms with Crippen molar-refractivity contribution in [3.63, 3.8) is 0 Å². The molecule has 0 bridgehead atoms. The molecule has 3 heteroatoms. The first-order valence-corrected chi connectivity index (χ1v) is 7.59. The van der Waals surface area contributed by atoms with E-state index in [2.05, 4.69) is 60.2 Å². The Morgan fingerprint density at radius 2 is 2.22 bits per heavy atom. The highest BCUT2D eigenvalue weighted by Gasteiger charge is 2.36. The van der Waals surface area contributed by atoms with Crippen molar-refractivity contribution < 1.29 is 4.74 Å². The van der Waals surface area contributed by atoms with Gasteiger partial charge in [0.2, 0.25) is 0 Å². The smallest absolute Gasteiger partial charge is 0.126 e. The van der Waals surface area contributed by atoms with Gasteiger partial charge in [-0.15, -0.1) is 0 Å². The fourth-order valence-corrected chi connectivity index (χ4v) is 3.18. The molecule has 2 rings (SSSR count). The minimum absolute atomic E-state index is 0.0463. The van der Waals surface area contributed by atoms with Crippen LogP contribution in [0.1, 0.15) is 51.6 Å². The van der Waals surface area contributed by atoms with Crippen molar-refractivity contribution in [2.45, 2.75) is 51.7 Å². The van der Waals surface area contributed by atoms with Crippen LogP contribution < -0.4 is 10.1 Å². The van der Waals surface area contributed by atoms with Gasteiger partial charge in [0.05, 0.1) is 0 Å². The van der Waals surface area contributed by atoms with E-state index >= 15 is 0 Å². The van der Waals surface area contributed by atoms with Crippen LogP contribution in [0.2, 0.25) is 0 Å². The summed E-state index contributed by atoms with van der Waals surface area (Å²) in [6, 6.07) is 6.75. The summed E-state index contributed by atoms with van der Waals surface area (Å²) in [6.45, 7) is 7.59. The van der Waals surface area contributed by atoms with Crippen LogP contribution in [-0.4, -0.2) is 12.1 Å². The molecule has 1 aromatic carbocycles. The summed E-state index contributed by atoms with van der Waals surface area (Å²) in [5.74, 6) is 1.03. The molecule has 0 aliphatic carbocycles. The molecule has 1 N–H and O–H groups in total. The molecule has 2 nitrogen and oxygen atoms in total. The third-order valence-corrected chi connectivity index (χ3v) is 4.07. The molecule has 1 aromatic rings. The summed E-state index contributed by atoms with van der Waals surface area (Å²) >= 11 is 3.53. The lowest BCUT2D eigenvalue weighted by Crippen LogP contribution is -2.41. The van der Waals surface area contributed by atoms with E-state index in [0.29, 0.717) is 6.04 Å². The molecular formula is C15H22BrNO. The maximum Gasteiger partial charge on any atom is 0.126 e. The van der Waals surface area contributed by atoms with Gasteiger partial charge in [-0.1, -0.05) is 42.3 Å². The number of ether oxygens (including phenoxy) is 1.